The third kappa shape index (κ3) is 2.47. The molecule has 16 heavy (non-hydrogen) atoms. The van der Waals surface area contributed by atoms with Gasteiger partial charge in [-0.15, -0.1) is 5.10 Å². The highest BCUT2D eigenvalue weighted by molar-refractivity contribution is 5.27. The molecule has 0 amide bonds. The van der Waals surface area contributed by atoms with Gasteiger partial charge in [-0.2, -0.15) is 0 Å². The van der Waals surface area contributed by atoms with Crippen LogP contribution in [-0.4, -0.2) is 58.3 Å². The Morgan fingerprint density at radius 3 is 2.56 bits per heavy atom. The first-order valence-corrected chi connectivity index (χ1v) is 5.04. The number of aromatic nitrogens is 3. The van der Waals surface area contributed by atoms with Crippen molar-refractivity contribution in [1.29, 1.82) is 0 Å². The van der Waals surface area contributed by atoms with Crippen LogP contribution in [0.3, 0.4) is 0 Å². The van der Waals surface area contributed by atoms with Gasteiger partial charge in [-0.1, -0.05) is 0 Å². The van der Waals surface area contributed by atoms with Crippen molar-refractivity contribution in [2.45, 2.75) is 0 Å². The number of likely N-dealkylation sites (N-methyl/N-ethyl adjacent to an activating group) is 1. The molecule has 1 aliphatic heterocycles. The first-order chi connectivity index (χ1) is 7.65. The number of hydrogen-bond acceptors (Lipinski definition) is 6. The van der Waals surface area contributed by atoms with E-state index in [0.717, 1.165) is 26.2 Å². The summed E-state index contributed by atoms with van der Waals surface area (Å²) in [5.74, 6) is 0.115. The van der Waals surface area contributed by atoms with Crippen LogP contribution in [0.15, 0.2) is 9.59 Å². The maximum Gasteiger partial charge on any atom is 0.342 e. The van der Waals surface area contributed by atoms with Crippen molar-refractivity contribution in [1.82, 2.24) is 25.1 Å². The van der Waals surface area contributed by atoms with E-state index in [0.29, 0.717) is 0 Å². The molecular weight excluding hydrogens is 212 g/mol. The molecule has 0 aliphatic carbocycles. The van der Waals surface area contributed by atoms with Gasteiger partial charge in [0.1, 0.15) is 0 Å². The molecule has 1 aromatic rings. The van der Waals surface area contributed by atoms with Crippen molar-refractivity contribution in [3.8, 4) is 0 Å². The van der Waals surface area contributed by atoms with Crippen LogP contribution in [0, 0.1) is 0 Å². The van der Waals surface area contributed by atoms with Crippen molar-refractivity contribution in [2.75, 3.05) is 38.7 Å². The third-order valence-electron chi connectivity index (χ3n) is 2.48. The second-order valence-electron chi connectivity index (χ2n) is 3.76. The highest BCUT2D eigenvalue weighted by atomic mass is 16.2. The van der Waals surface area contributed by atoms with Crippen LogP contribution in [-0.2, 0) is 0 Å². The normalized spacial score (nSPS) is 18.6. The molecule has 1 aromatic heterocycles. The number of nitrogens with one attached hydrogen (secondary N) is 3. The fourth-order valence-electron chi connectivity index (χ4n) is 1.49. The van der Waals surface area contributed by atoms with Gasteiger partial charge in [-0.05, 0) is 7.05 Å². The van der Waals surface area contributed by atoms with E-state index in [-0.39, 0.29) is 5.82 Å². The van der Waals surface area contributed by atoms with E-state index in [1.54, 1.807) is 0 Å². The number of aromatic amines is 2. The van der Waals surface area contributed by atoms with Gasteiger partial charge in [0, 0.05) is 26.2 Å². The average Bonchev–Trinajstić information content (AvgIpc) is 2.25. The first-order valence-electron chi connectivity index (χ1n) is 5.04. The lowest BCUT2D eigenvalue weighted by Gasteiger charge is -2.32. The molecule has 0 radical (unpaired) electrons. The van der Waals surface area contributed by atoms with E-state index >= 15 is 0 Å². The molecule has 0 aromatic carbocycles. The van der Waals surface area contributed by atoms with Crippen LogP contribution in [0.2, 0.25) is 0 Å². The highest BCUT2D eigenvalue weighted by Crippen LogP contribution is 1.99. The van der Waals surface area contributed by atoms with E-state index in [2.05, 4.69) is 25.5 Å². The summed E-state index contributed by atoms with van der Waals surface area (Å²) in [5, 5.41) is 7.72. The highest BCUT2D eigenvalue weighted by Gasteiger charge is 2.15. The number of hydrogen-bond donors (Lipinski definition) is 3. The minimum atomic E-state index is -0.603. The minimum absolute atomic E-state index is 0.115. The SMILES string of the molecule is CN1CCN(Nc2n[nH]c(=O)[nH]c2=O)CC1. The summed E-state index contributed by atoms with van der Waals surface area (Å²) >= 11 is 0. The number of rotatable bonds is 2. The van der Waals surface area contributed by atoms with Gasteiger partial charge in [0.15, 0.2) is 0 Å². The molecular formula is C8H14N6O2. The number of piperazine rings is 1. The van der Waals surface area contributed by atoms with Gasteiger partial charge < -0.3 is 4.90 Å². The van der Waals surface area contributed by atoms with Crippen molar-refractivity contribution < 1.29 is 0 Å². The van der Waals surface area contributed by atoms with Gasteiger partial charge in [0.2, 0.25) is 5.82 Å². The fraction of sp³-hybridized carbons (Fsp3) is 0.625. The van der Waals surface area contributed by atoms with E-state index in [1.807, 2.05) is 12.1 Å². The summed E-state index contributed by atoms with van der Waals surface area (Å²) in [4.78, 5) is 26.4. The first kappa shape index (κ1) is 10.8. The summed E-state index contributed by atoms with van der Waals surface area (Å²) in [6, 6.07) is 0. The minimum Gasteiger partial charge on any atom is -0.304 e. The Hall–Kier alpha value is -1.67. The Morgan fingerprint density at radius 1 is 1.25 bits per heavy atom. The van der Waals surface area contributed by atoms with Crippen molar-refractivity contribution >= 4 is 5.82 Å². The summed E-state index contributed by atoms with van der Waals surface area (Å²) < 4.78 is 0. The molecule has 0 atom stereocenters. The third-order valence-corrected chi connectivity index (χ3v) is 2.48. The van der Waals surface area contributed by atoms with Gasteiger partial charge >= 0.3 is 5.69 Å². The van der Waals surface area contributed by atoms with Gasteiger partial charge in [-0.3, -0.25) is 15.2 Å². The van der Waals surface area contributed by atoms with Crippen LogP contribution in [0.5, 0.6) is 0 Å². The van der Waals surface area contributed by atoms with E-state index < -0.39 is 11.2 Å². The Labute approximate surface area is 91.2 Å². The van der Waals surface area contributed by atoms with E-state index in [1.165, 1.54) is 0 Å². The lowest BCUT2D eigenvalue weighted by Crippen LogP contribution is -2.48. The molecule has 1 aliphatic rings. The summed E-state index contributed by atoms with van der Waals surface area (Å²) in [7, 11) is 2.04. The Balaban J connectivity index is 2.04. The molecule has 88 valence electrons. The predicted octanol–water partition coefficient (Wildman–Crippen LogP) is -1.97. The van der Waals surface area contributed by atoms with Crippen LogP contribution < -0.4 is 16.7 Å². The lowest BCUT2D eigenvalue weighted by atomic mass is 10.4. The molecule has 8 heteroatoms. The van der Waals surface area contributed by atoms with Crippen molar-refractivity contribution in [3.63, 3.8) is 0 Å². The Kier molecular flexibility index (Phi) is 3.02. The largest absolute Gasteiger partial charge is 0.342 e. The van der Waals surface area contributed by atoms with E-state index in [9.17, 15) is 9.59 Å². The number of hydrazine groups is 1. The lowest BCUT2D eigenvalue weighted by molar-refractivity contribution is 0.178. The maximum atomic E-state index is 11.3. The topological polar surface area (TPSA) is 97.1 Å². The molecule has 2 heterocycles. The van der Waals surface area contributed by atoms with Crippen LogP contribution in [0.1, 0.15) is 0 Å². The molecule has 0 bridgehead atoms. The predicted molar refractivity (Wildman–Crippen MR) is 58.2 cm³/mol. The summed E-state index contributed by atoms with van der Waals surface area (Å²) in [6.45, 7) is 3.45. The second kappa shape index (κ2) is 4.45. The molecule has 1 saturated heterocycles. The molecule has 0 unspecified atom stereocenters. The zero-order chi connectivity index (χ0) is 11.5. The van der Waals surface area contributed by atoms with Gasteiger partial charge in [0.25, 0.3) is 5.56 Å². The number of nitrogens with zero attached hydrogens (tertiary/aromatic N) is 3. The molecule has 3 N–H and O–H groups in total. The average molecular weight is 226 g/mol. The Bertz CT molecular complexity index is 458. The molecule has 0 saturated carbocycles. The summed E-state index contributed by atoms with van der Waals surface area (Å²) in [5.41, 5.74) is 1.76. The van der Waals surface area contributed by atoms with Crippen LogP contribution in [0.4, 0.5) is 5.82 Å². The molecule has 1 fully saturated rings. The zero-order valence-electron chi connectivity index (χ0n) is 8.99. The summed E-state index contributed by atoms with van der Waals surface area (Å²) in [6.07, 6.45) is 0. The molecule has 2 rings (SSSR count). The number of anilines is 1. The monoisotopic (exact) mass is 226 g/mol. The fourth-order valence-corrected chi connectivity index (χ4v) is 1.49. The standard InChI is InChI=1S/C8H14N6O2/c1-13-2-4-14(5-3-13)12-6-7(15)9-8(16)11-10-6/h2-5H2,1H3,(H,10,12)(H2,9,11,15,16). The second-order valence-corrected chi connectivity index (χ2v) is 3.76. The molecule has 0 spiro atoms. The Morgan fingerprint density at radius 2 is 1.94 bits per heavy atom. The van der Waals surface area contributed by atoms with Crippen molar-refractivity contribution in [2.24, 2.45) is 0 Å². The van der Waals surface area contributed by atoms with Gasteiger partial charge in [0.05, 0.1) is 0 Å². The quantitative estimate of drug-likeness (QED) is 0.541. The van der Waals surface area contributed by atoms with Crippen molar-refractivity contribution in [3.05, 3.63) is 20.8 Å². The maximum absolute atomic E-state index is 11.3. The smallest absolute Gasteiger partial charge is 0.304 e. The molecule has 8 nitrogen and oxygen atoms in total. The van der Waals surface area contributed by atoms with E-state index in [4.69, 9.17) is 0 Å². The van der Waals surface area contributed by atoms with Gasteiger partial charge in [-0.25, -0.2) is 14.9 Å². The number of H-pyrrole nitrogens is 2. The van der Waals surface area contributed by atoms with Crippen LogP contribution in [0.25, 0.3) is 0 Å². The zero-order valence-corrected chi connectivity index (χ0v) is 8.99. The van der Waals surface area contributed by atoms with Crippen LogP contribution >= 0.6 is 0 Å².